The third kappa shape index (κ3) is 4.44. The van der Waals surface area contributed by atoms with Crippen LogP contribution in [-0.4, -0.2) is 52.8 Å². The largest absolute Gasteiger partial charge is 0.336 e. The minimum atomic E-state index is -0.354. The van der Waals surface area contributed by atoms with E-state index in [0.29, 0.717) is 35.9 Å². The summed E-state index contributed by atoms with van der Waals surface area (Å²) in [6, 6.07) is 4.61. The van der Waals surface area contributed by atoms with Crippen molar-refractivity contribution in [3.63, 3.8) is 0 Å². The number of nitrogens with one attached hydrogen (secondary N) is 1. The highest BCUT2D eigenvalue weighted by Gasteiger charge is 2.23. The Kier molecular flexibility index (Phi) is 5.63. The van der Waals surface area contributed by atoms with Crippen molar-refractivity contribution in [1.29, 1.82) is 0 Å². The number of nitrogens with zero attached hydrogens (tertiary/aromatic N) is 3. The highest BCUT2D eigenvalue weighted by atomic mass is 32.1. The first-order valence-electron chi connectivity index (χ1n) is 8.42. The Morgan fingerprint density at radius 2 is 2.00 bits per heavy atom. The first kappa shape index (κ1) is 18.5. The highest BCUT2D eigenvalue weighted by Crippen LogP contribution is 2.18. The molecule has 1 fully saturated rings. The van der Waals surface area contributed by atoms with Crippen molar-refractivity contribution in [2.24, 2.45) is 0 Å². The molecule has 6 nitrogen and oxygen atoms in total. The number of halogens is 1. The lowest BCUT2D eigenvalue weighted by atomic mass is 10.1. The van der Waals surface area contributed by atoms with Crippen LogP contribution < -0.4 is 5.32 Å². The molecular formula is C18H21FN4O2S. The van der Waals surface area contributed by atoms with Gasteiger partial charge in [-0.3, -0.25) is 14.5 Å². The summed E-state index contributed by atoms with van der Waals surface area (Å²) in [7, 11) is 0. The number of amides is 2. The van der Waals surface area contributed by atoms with Crippen LogP contribution >= 0.6 is 11.3 Å². The molecule has 2 aromatic rings. The maximum absolute atomic E-state index is 13.7. The van der Waals surface area contributed by atoms with E-state index < -0.39 is 0 Å². The number of carbonyl (C=O) groups is 2. The molecule has 2 heterocycles. The molecule has 0 spiro atoms. The zero-order valence-corrected chi connectivity index (χ0v) is 15.6. The third-order valence-corrected chi connectivity index (χ3v) is 5.11. The Bertz CT molecular complexity index is 815. The molecule has 0 atom stereocenters. The smallest absolute Gasteiger partial charge is 0.254 e. The van der Waals surface area contributed by atoms with Gasteiger partial charge in [-0.2, -0.15) is 0 Å². The summed E-state index contributed by atoms with van der Waals surface area (Å²) in [5.74, 6) is -0.622. The monoisotopic (exact) mass is 376 g/mol. The van der Waals surface area contributed by atoms with Crippen LogP contribution in [0.2, 0.25) is 0 Å². The zero-order valence-electron chi connectivity index (χ0n) is 14.8. The van der Waals surface area contributed by atoms with Crippen molar-refractivity contribution in [2.75, 3.05) is 31.5 Å². The number of rotatable bonds is 4. The Morgan fingerprint density at radius 1 is 1.27 bits per heavy atom. The van der Waals surface area contributed by atoms with E-state index >= 15 is 0 Å². The SMILES string of the molecule is CC(=O)Nc1nc(CN2CCN(C(=O)c3ccc(C)c(F)c3)CC2)cs1. The molecule has 2 amide bonds. The highest BCUT2D eigenvalue weighted by molar-refractivity contribution is 7.13. The number of hydrogen-bond acceptors (Lipinski definition) is 5. The molecule has 1 aliphatic heterocycles. The zero-order chi connectivity index (χ0) is 18.7. The van der Waals surface area contributed by atoms with Gasteiger partial charge in [-0.15, -0.1) is 11.3 Å². The predicted octanol–water partition coefficient (Wildman–Crippen LogP) is 2.51. The molecule has 8 heteroatoms. The van der Waals surface area contributed by atoms with Crippen molar-refractivity contribution in [2.45, 2.75) is 20.4 Å². The summed E-state index contributed by atoms with van der Waals surface area (Å²) in [4.78, 5) is 31.9. The number of carbonyl (C=O) groups excluding carboxylic acids is 2. The summed E-state index contributed by atoms with van der Waals surface area (Å²) in [5.41, 5.74) is 1.83. The fraction of sp³-hybridized carbons (Fsp3) is 0.389. The summed E-state index contributed by atoms with van der Waals surface area (Å²) in [6.07, 6.45) is 0. The van der Waals surface area contributed by atoms with E-state index in [0.717, 1.165) is 18.8 Å². The van der Waals surface area contributed by atoms with Gasteiger partial charge < -0.3 is 10.2 Å². The molecule has 1 aromatic carbocycles. The topological polar surface area (TPSA) is 65.5 Å². The molecular weight excluding hydrogens is 355 g/mol. The van der Waals surface area contributed by atoms with Gasteiger partial charge in [0.1, 0.15) is 5.82 Å². The predicted molar refractivity (Wildman–Crippen MR) is 98.7 cm³/mol. The lowest BCUT2D eigenvalue weighted by Crippen LogP contribution is -2.48. The molecule has 0 radical (unpaired) electrons. The number of aryl methyl sites for hydroxylation is 1. The van der Waals surface area contributed by atoms with Crippen LogP contribution in [-0.2, 0) is 11.3 Å². The normalized spacial score (nSPS) is 15.1. The fourth-order valence-corrected chi connectivity index (χ4v) is 3.58. The summed E-state index contributed by atoms with van der Waals surface area (Å²) in [6.45, 7) is 6.46. The van der Waals surface area contributed by atoms with Crippen molar-refractivity contribution < 1.29 is 14.0 Å². The Hall–Kier alpha value is -2.32. The molecule has 1 aliphatic rings. The Morgan fingerprint density at radius 3 is 2.65 bits per heavy atom. The second-order valence-corrected chi connectivity index (χ2v) is 7.22. The number of benzene rings is 1. The number of anilines is 1. The van der Waals surface area contributed by atoms with E-state index in [1.54, 1.807) is 24.0 Å². The molecule has 0 saturated carbocycles. The van der Waals surface area contributed by atoms with Gasteiger partial charge in [0.05, 0.1) is 5.69 Å². The van der Waals surface area contributed by atoms with Crippen LogP contribution in [0.25, 0.3) is 0 Å². The van der Waals surface area contributed by atoms with Crippen molar-refractivity contribution in [3.05, 3.63) is 46.2 Å². The van der Waals surface area contributed by atoms with E-state index in [-0.39, 0.29) is 17.6 Å². The van der Waals surface area contributed by atoms with Crippen LogP contribution in [0.1, 0.15) is 28.5 Å². The average Bonchev–Trinajstić information content (AvgIpc) is 3.03. The van der Waals surface area contributed by atoms with Gasteiger partial charge in [-0.25, -0.2) is 9.37 Å². The summed E-state index contributed by atoms with van der Waals surface area (Å²) >= 11 is 1.40. The number of piperazine rings is 1. The minimum Gasteiger partial charge on any atom is -0.336 e. The third-order valence-electron chi connectivity index (χ3n) is 4.30. The Labute approximate surface area is 155 Å². The quantitative estimate of drug-likeness (QED) is 0.891. The molecule has 3 rings (SSSR count). The van der Waals surface area contributed by atoms with Crippen molar-refractivity contribution >= 4 is 28.3 Å². The van der Waals surface area contributed by atoms with E-state index in [9.17, 15) is 14.0 Å². The maximum Gasteiger partial charge on any atom is 0.254 e. The first-order chi connectivity index (χ1) is 12.4. The van der Waals surface area contributed by atoms with E-state index in [1.165, 1.54) is 24.3 Å². The number of hydrogen-bond donors (Lipinski definition) is 1. The van der Waals surface area contributed by atoms with Crippen LogP contribution in [0.15, 0.2) is 23.6 Å². The lowest BCUT2D eigenvalue weighted by molar-refractivity contribution is -0.114. The molecule has 1 aromatic heterocycles. The van der Waals surface area contributed by atoms with E-state index in [2.05, 4.69) is 15.2 Å². The van der Waals surface area contributed by atoms with Gasteiger partial charge in [0.15, 0.2) is 5.13 Å². The number of thiazole rings is 1. The van der Waals surface area contributed by atoms with Gasteiger partial charge in [-0.05, 0) is 24.6 Å². The van der Waals surface area contributed by atoms with Crippen LogP contribution in [0.5, 0.6) is 0 Å². The molecule has 0 aliphatic carbocycles. The molecule has 1 saturated heterocycles. The molecule has 0 bridgehead atoms. The molecule has 26 heavy (non-hydrogen) atoms. The van der Waals surface area contributed by atoms with Crippen molar-refractivity contribution in [3.8, 4) is 0 Å². The van der Waals surface area contributed by atoms with Crippen LogP contribution in [0.3, 0.4) is 0 Å². The summed E-state index contributed by atoms with van der Waals surface area (Å²) in [5, 5.41) is 5.21. The molecule has 138 valence electrons. The van der Waals surface area contributed by atoms with Gasteiger partial charge in [-0.1, -0.05) is 6.07 Å². The van der Waals surface area contributed by atoms with Crippen LogP contribution in [0, 0.1) is 12.7 Å². The second-order valence-electron chi connectivity index (χ2n) is 6.36. The molecule has 1 N–H and O–H groups in total. The van der Waals surface area contributed by atoms with Gasteiger partial charge in [0.2, 0.25) is 5.91 Å². The standard InChI is InChI=1S/C18H21FN4O2S/c1-12-3-4-14(9-16(12)19)17(25)23-7-5-22(6-8-23)10-15-11-26-18(21-15)20-13(2)24/h3-4,9,11H,5-8,10H2,1-2H3,(H,20,21,24). The summed E-state index contributed by atoms with van der Waals surface area (Å²) < 4.78 is 13.7. The second kappa shape index (κ2) is 7.92. The van der Waals surface area contributed by atoms with Gasteiger partial charge >= 0.3 is 0 Å². The Balaban J connectivity index is 1.53. The van der Waals surface area contributed by atoms with E-state index in [4.69, 9.17) is 0 Å². The van der Waals surface area contributed by atoms with Gasteiger partial charge in [0.25, 0.3) is 5.91 Å². The first-order valence-corrected chi connectivity index (χ1v) is 9.30. The minimum absolute atomic E-state index is 0.134. The molecule has 0 unspecified atom stereocenters. The van der Waals surface area contributed by atoms with E-state index in [1.807, 2.05) is 5.38 Å². The number of aromatic nitrogens is 1. The van der Waals surface area contributed by atoms with Gasteiger partial charge in [0, 0.05) is 50.6 Å². The fourth-order valence-electron chi connectivity index (χ4n) is 2.83. The average molecular weight is 376 g/mol. The lowest BCUT2D eigenvalue weighted by Gasteiger charge is -2.34. The van der Waals surface area contributed by atoms with Crippen molar-refractivity contribution in [1.82, 2.24) is 14.8 Å². The maximum atomic E-state index is 13.7. The van der Waals surface area contributed by atoms with Crippen LogP contribution in [0.4, 0.5) is 9.52 Å².